The van der Waals surface area contributed by atoms with Crippen LogP contribution in [0.4, 0.5) is 0 Å². The Bertz CT molecular complexity index is 523. The molecule has 0 radical (unpaired) electrons. The van der Waals surface area contributed by atoms with E-state index in [1.54, 1.807) is 18.1 Å². The second-order valence-corrected chi connectivity index (χ2v) is 5.10. The Morgan fingerprint density at radius 1 is 1.61 bits per heavy atom. The maximum Gasteiger partial charge on any atom is 0.346 e. The third-order valence-electron chi connectivity index (χ3n) is 3.00. The molecule has 2 N–H and O–H groups in total. The van der Waals surface area contributed by atoms with Gasteiger partial charge in [-0.15, -0.1) is 11.8 Å². The topological polar surface area (TPSA) is 86.3 Å². The van der Waals surface area contributed by atoms with Gasteiger partial charge in [-0.25, -0.2) is 4.79 Å². The fraction of sp³-hybridized carbons (Fsp3) is 0.545. The van der Waals surface area contributed by atoms with Gasteiger partial charge in [0.05, 0.1) is 5.56 Å². The van der Waals surface area contributed by atoms with Crippen molar-refractivity contribution in [3.8, 4) is 0 Å². The summed E-state index contributed by atoms with van der Waals surface area (Å²) in [6, 6.07) is 0. The van der Waals surface area contributed by atoms with Gasteiger partial charge in [0.2, 0.25) is 0 Å². The Morgan fingerprint density at radius 3 is 2.83 bits per heavy atom. The highest BCUT2D eigenvalue weighted by molar-refractivity contribution is 7.98. The van der Waals surface area contributed by atoms with Crippen LogP contribution >= 0.6 is 11.8 Å². The Labute approximate surface area is 108 Å². The minimum absolute atomic E-state index is 0.0992. The highest BCUT2D eigenvalue weighted by atomic mass is 32.2. The first-order chi connectivity index (χ1) is 8.56. The average molecular weight is 269 g/mol. The van der Waals surface area contributed by atoms with E-state index in [0.717, 1.165) is 0 Å². The molecular weight excluding hydrogens is 254 g/mol. The number of nitrogens with one attached hydrogen (secondary N) is 1. The molecule has 0 spiro atoms. The van der Waals surface area contributed by atoms with Crippen molar-refractivity contribution < 1.29 is 9.90 Å². The van der Waals surface area contributed by atoms with Crippen LogP contribution in [0.1, 0.15) is 16.1 Å². The molecule has 7 heteroatoms. The highest BCUT2D eigenvalue weighted by Crippen LogP contribution is 2.24. The summed E-state index contributed by atoms with van der Waals surface area (Å²) < 4.78 is 0. The lowest BCUT2D eigenvalue weighted by atomic mass is 10.00. The number of thioether (sulfide) groups is 1. The zero-order chi connectivity index (χ0) is 13.3. The van der Waals surface area contributed by atoms with E-state index >= 15 is 0 Å². The van der Waals surface area contributed by atoms with E-state index in [4.69, 9.17) is 5.11 Å². The highest BCUT2D eigenvalue weighted by Gasteiger charge is 2.32. The molecule has 2 heterocycles. The molecule has 18 heavy (non-hydrogen) atoms. The summed E-state index contributed by atoms with van der Waals surface area (Å²) in [5.41, 5.74) is 0.556. The maximum absolute atomic E-state index is 12.3. The molecule has 1 fully saturated rings. The standard InChI is InChI=1S/C11H15N3O3S/c1-6-8(9(18-2)13-11(17)12-6)10(16)14-3-7(4-14)5-15/h7,15H,3-5H2,1-2H3,(H,12,13,17). The van der Waals surface area contributed by atoms with Gasteiger partial charge in [0.25, 0.3) is 5.91 Å². The van der Waals surface area contributed by atoms with Gasteiger partial charge in [-0.1, -0.05) is 0 Å². The van der Waals surface area contributed by atoms with Gasteiger partial charge in [-0.3, -0.25) is 4.79 Å². The monoisotopic (exact) mass is 269 g/mol. The van der Waals surface area contributed by atoms with Crippen molar-refractivity contribution in [2.45, 2.75) is 11.9 Å². The van der Waals surface area contributed by atoms with Crippen molar-refractivity contribution in [3.05, 3.63) is 21.7 Å². The number of aliphatic hydroxyl groups is 1. The summed E-state index contributed by atoms with van der Waals surface area (Å²) >= 11 is 1.28. The fourth-order valence-electron chi connectivity index (χ4n) is 1.97. The number of H-pyrrole nitrogens is 1. The van der Waals surface area contributed by atoms with Crippen LogP contribution in [0.3, 0.4) is 0 Å². The summed E-state index contributed by atoms with van der Waals surface area (Å²) in [6.07, 6.45) is 1.78. The number of aromatic amines is 1. The van der Waals surface area contributed by atoms with E-state index in [1.165, 1.54) is 11.8 Å². The molecular formula is C11H15N3O3S. The van der Waals surface area contributed by atoms with Crippen molar-refractivity contribution >= 4 is 17.7 Å². The number of nitrogens with zero attached hydrogens (tertiary/aromatic N) is 2. The lowest BCUT2D eigenvalue weighted by Crippen LogP contribution is -2.51. The first-order valence-electron chi connectivity index (χ1n) is 5.61. The predicted molar refractivity (Wildman–Crippen MR) is 67.9 cm³/mol. The molecule has 1 aromatic heterocycles. The van der Waals surface area contributed by atoms with Crippen molar-refractivity contribution in [2.24, 2.45) is 5.92 Å². The first kappa shape index (κ1) is 13.1. The second-order valence-electron chi connectivity index (χ2n) is 4.31. The lowest BCUT2D eigenvalue weighted by Gasteiger charge is -2.38. The molecule has 0 bridgehead atoms. The van der Waals surface area contributed by atoms with E-state index < -0.39 is 5.69 Å². The Hall–Kier alpha value is -1.34. The van der Waals surface area contributed by atoms with E-state index in [2.05, 4.69) is 9.97 Å². The number of aromatic nitrogens is 2. The minimum Gasteiger partial charge on any atom is -0.396 e. The van der Waals surface area contributed by atoms with Crippen LogP contribution in [-0.2, 0) is 0 Å². The van der Waals surface area contributed by atoms with Crippen LogP contribution < -0.4 is 5.69 Å². The summed E-state index contributed by atoms with van der Waals surface area (Å²) in [6.45, 7) is 2.91. The molecule has 98 valence electrons. The molecule has 1 aromatic rings. The second kappa shape index (κ2) is 5.11. The number of hydrogen-bond donors (Lipinski definition) is 2. The number of hydrogen-bond acceptors (Lipinski definition) is 5. The van der Waals surface area contributed by atoms with Gasteiger partial charge < -0.3 is 15.0 Å². The number of aliphatic hydroxyl groups excluding tert-OH is 1. The summed E-state index contributed by atoms with van der Waals surface area (Å²) in [7, 11) is 0. The van der Waals surface area contributed by atoms with Crippen LogP contribution in [-0.4, -0.2) is 51.8 Å². The molecule has 0 unspecified atom stereocenters. The Balaban J connectivity index is 2.28. The minimum atomic E-state index is -0.440. The molecule has 0 aliphatic carbocycles. The average Bonchev–Trinajstić information content (AvgIpc) is 2.26. The van der Waals surface area contributed by atoms with Crippen LogP contribution in [0.2, 0.25) is 0 Å². The van der Waals surface area contributed by atoms with E-state index in [-0.39, 0.29) is 18.4 Å². The predicted octanol–water partition coefficient (Wildman–Crippen LogP) is -0.135. The molecule has 6 nitrogen and oxygen atoms in total. The molecule has 1 aliphatic heterocycles. The maximum atomic E-state index is 12.3. The van der Waals surface area contributed by atoms with E-state index in [1.807, 2.05) is 0 Å². The molecule has 1 saturated heterocycles. The smallest absolute Gasteiger partial charge is 0.346 e. The largest absolute Gasteiger partial charge is 0.396 e. The van der Waals surface area contributed by atoms with Crippen molar-refractivity contribution in [1.82, 2.24) is 14.9 Å². The number of carbonyl (C=O) groups excluding carboxylic acids is 1. The zero-order valence-electron chi connectivity index (χ0n) is 10.3. The van der Waals surface area contributed by atoms with Gasteiger partial charge >= 0.3 is 5.69 Å². The first-order valence-corrected chi connectivity index (χ1v) is 6.84. The van der Waals surface area contributed by atoms with Crippen LogP contribution in [0.25, 0.3) is 0 Å². The number of aryl methyl sites for hydroxylation is 1. The third kappa shape index (κ3) is 2.28. The molecule has 0 saturated carbocycles. The number of likely N-dealkylation sites (tertiary alicyclic amines) is 1. The quantitative estimate of drug-likeness (QED) is 0.589. The van der Waals surface area contributed by atoms with Gasteiger partial charge in [-0.05, 0) is 13.2 Å². The molecule has 1 amide bonds. The Kier molecular flexibility index (Phi) is 3.72. The van der Waals surface area contributed by atoms with Crippen LogP contribution in [0.5, 0.6) is 0 Å². The fourth-order valence-corrected chi connectivity index (χ4v) is 2.59. The van der Waals surface area contributed by atoms with E-state index in [0.29, 0.717) is 29.4 Å². The summed E-state index contributed by atoms with van der Waals surface area (Å²) in [5, 5.41) is 9.40. The van der Waals surface area contributed by atoms with Crippen molar-refractivity contribution in [1.29, 1.82) is 0 Å². The normalized spacial score (nSPS) is 15.6. The summed E-state index contributed by atoms with van der Waals surface area (Å²) in [4.78, 5) is 31.5. The lowest BCUT2D eigenvalue weighted by molar-refractivity contribution is 0.0356. The number of rotatable bonds is 3. The van der Waals surface area contributed by atoms with Gasteiger partial charge in [0.1, 0.15) is 5.03 Å². The third-order valence-corrected chi connectivity index (χ3v) is 3.68. The number of carbonyl (C=O) groups is 1. The molecule has 1 aliphatic rings. The van der Waals surface area contributed by atoms with Gasteiger partial charge in [0, 0.05) is 31.3 Å². The SMILES string of the molecule is CSc1nc(=O)[nH]c(C)c1C(=O)N1CC(CO)C1. The zero-order valence-corrected chi connectivity index (χ0v) is 11.1. The molecule has 0 aromatic carbocycles. The number of amides is 1. The Morgan fingerprint density at radius 2 is 2.28 bits per heavy atom. The van der Waals surface area contributed by atoms with E-state index in [9.17, 15) is 9.59 Å². The molecule has 0 atom stereocenters. The van der Waals surface area contributed by atoms with Crippen molar-refractivity contribution in [3.63, 3.8) is 0 Å². The molecule has 2 rings (SSSR count). The van der Waals surface area contributed by atoms with Crippen molar-refractivity contribution in [2.75, 3.05) is 26.0 Å². The van der Waals surface area contributed by atoms with Crippen LogP contribution in [0, 0.1) is 12.8 Å². The van der Waals surface area contributed by atoms with Gasteiger partial charge in [0.15, 0.2) is 0 Å². The summed E-state index contributed by atoms with van der Waals surface area (Å²) in [5.74, 6) is 0.0352. The van der Waals surface area contributed by atoms with Gasteiger partial charge in [-0.2, -0.15) is 4.98 Å². The van der Waals surface area contributed by atoms with Crippen LogP contribution in [0.15, 0.2) is 9.82 Å².